The third-order valence-electron chi connectivity index (χ3n) is 6.67. The van der Waals surface area contributed by atoms with E-state index in [1.54, 1.807) is 19.2 Å². The van der Waals surface area contributed by atoms with E-state index in [2.05, 4.69) is 42.4 Å². The average molecular weight is 368 g/mol. The predicted octanol–water partition coefficient (Wildman–Crippen LogP) is 3.55. The molecule has 2 aromatic rings. The van der Waals surface area contributed by atoms with Gasteiger partial charge >= 0.3 is 0 Å². The lowest BCUT2D eigenvalue weighted by molar-refractivity contribution is 0.0663. The average Bonchev–Trinajstić information content (AvgIpc) is 2.68. The highest BCUT2D eigenvalue weighted by Gasteiger charge is 2.49. The second-order valence-corrected chi connectivity index (χ2v) is 8.25. The third-order valence-corrected chi connectivity index (χ3v) is 6.67. The zero-order chi connectivity index (χ0) is 19.0. The molecule has 4 heteroatoms. The number of likely N-dealkylation sites (tertiary alicyclic amines) is 1. The molecule has 144 valence electrons. The topological polar surface area (TPSA) is 24.5 Å². The SMILES string of the molecule is COc1ccc2c(c1)C1(C)CCN(C)C(C2)C1NCCc1ccc(F)cc1. The number of rotatable bonds is 5. The van der Waals surface area contributed by atoms with Crippen molar-refractivity contribution in [3.63, 3.8) is 0 Å². The minimum atomic E-state index is -0.173. The molecule has 1 aliphatic carbocycles. The van der Waals surface area contributed by atoms with Gasteiger partial charge in [-0.2, -0.15) is 0 Å². The first-order valence-electron chi connectivity index (χ1n) is 9.87. The zero-order valence-electron chi connectivity index (χ0n) is 16.5. The minimum Gasteiger partial charge on any atom is -0.497 e. The lowest BCUT2D eigenvalue weighted by atomic mass is 9.61. The van der Waals surface area contributed by atoms with Crippen molar-refractivity contribution in [2.45, 2.75) is 43.7 Å². The molecule has 2 bridgehead atoms. The number of hydrogen-bond acceptors (Lipinski definition) is 3. The Morgan fingerprint density at radius 1 is 1.22 bits per heavy atom. The zero-order valence-corrected chi connectivity index (χ0v) is 16.5. The molecule has 0 aromatic heterocycles. The second kappa shape index (κ2) is 7.25. The van der Waals surface area contributed by atoms with E-state index in [4.69, 9.17) is 4.74 Å². The minimum absolute atomic E-state index is 0.0993. The number of nitrogens with zero attached hydrogens (tertiary/aromatic N) is 1. The van der Waals surface area contributed by atoms with Gasteiger partial charge in [0.2, 0.25) is 0 Å². The molecule has 0 amide bonds. The lowest BCUT2D eigenvalue weighted by Crippen LogP contribution is -2.66. The van der Waals surface area contributed by atoms with Gasteiger partial charge in [-0.3, -0.25) is 0 Å². The number of ether oxygens (including phenoxy) is 1. The molecule has 1 fully saturated rings. The standard InChI is InChI=1S/C23H29FN2O/c1-23-11-13-26(2)21(14-17-6-9-19(27-3)15-20(17)23)22(23)25-12-10-16-4-7-18(24)8-5-16/h4-9,15,21-22,25H,10-14H2,1-3H3. The number of hydrogen-bond donors (Lipinski definition) is 1. The highest BCUT2D eigenvalue weighted by Crippen LogP contribution is 2.45. The molecule has 3 unspecified atom stereocenters. The van der Waals surface area contributed by atoms with Crippen molar-refractivity contribution in [3.8, 4) is 5.75 Å². The molecule has 0 saturated carbocycles. The van der Waals surface area contributed by atoms with Crippen LogP contribution in [0.15, 0.2) is 42.5 Å². The molecule has 0 radical (unpaired) electrons. The molecule has 2 aliphatic rings. The van der Waals surface area contributed by atoms with Gasteiger partial charge in [-0.05, 0) is 80.4 Å². The van der Waals surface area contributed by atoms with Crippen LogP contribution >= 0.6 is 0 Å². The van der Waals surface area contributed by atoms with Crippen LogP contribution in [0.4, 0.5) is 4.39 Å². The monoisotopic (exact) mass is 368 g/mol. The first-order valence-corrected chi connectivity index (χ1v) is 9.87. The van der Waals surface area contributed by atoms with E-state index in [0.717, 1.165) is 38.1 Å². The molecular weight excluding hydrogens is 339 g/mol. The second-order valence-electron chi connectivity index (χ2n) is 8.25. The molecule has 1 heterocycles. The van der Waals surface area contributed by atoms with Gasteiger partial charge in [0.15, 0.2) is 0 Å². The number of piperidine rings is 1. The van der Waals surface area contributed by atoms with Crippen LogP contribution in [0, 0.1) is 5.82 Å². The van der Waals surface area contributed by atoms with Crippen LogP contribution < -0.4 is 10.1 Å². The largest absolute Gasteiger partial charge is 0.497 e. The van der Waals surface area contributed by atoms with Gasteiger partial charge in [-0.1, -0.05) is 25.1 Å². The van der Waals surface area contributed by atoms with Gasteiger partial charge in [0.25, 0.3) is 0 Å². The summed E-state index contributed by atoms with van der Waals surface area (Å²) in [6, 6.07) is 14.3. The van der Waals surface area contributed by atoms with E-state index in [1.807, 2.05) is 12.1 Å². The summed E-state index contributed by atoms with van der Waals surface area (Å²) >= 11 is 0. The molecule has 1 N–H and O–H groups in total. The molecular formula is C23H29FN2O. The van der Waals surface area contributed by atoms with Gasteiger partial charge in [-0.25, -0.2) is 4.39 Å². The van der Waals surface area contributed by atoms with Crippen molar-refractivity contribution in [3.05, 3.63) is 65.0 Å². The summed E-state index contributed by atoms with van der Waals surface area (Å²) in [5, 5.41) is 3.86. The van der Waals surface area contributed by atoms with Crippen LogP contribution in [-0.4, -0.2) is 44.2 Å². The fourth-order valence-corrected chi connectivity index (χ4v) is 4.99. The van der Waals surface area contributed by atoms with Gasteiger partial charge in [-0.15, -0.1) is 0 Å². The van der Waals surface area contributed by atoms with Crippen molar-refractivity contribution < 1.29 is 9.13 Å². The van der Waals surface area contributed by atoms with Crippen molar-refractivity contribution in [2.75, 3.05) is 27.2 Å². The summed E-state index contributed by atoms with van der Waals surface area (Å²) in [4.78, 5) is 2.50. The maximum Gasteiger partial charge on any atom is 0.123 e. The number of likely N-dealkylation sites (N-methyl/N-ethyl adjacent to an activating group) is 1. The molecule has 27 heavy (non-hydrogen) atoms. The summed E-state index contributed by atoms with van der Waals surface area (Å²) < 4.78 is 18.6. The van der Waals surface area contributed by atoms with Crippen LogP contribution in [0.1, 0.15) is 30.0 Å². The van der Waals surface area contributed by atoms with Gasteiger partial charge in [0.1, 0.15) is 11.6 Å². The fraction of sp³-hybridized carbons (Fsp3) is 0.478. The Hall–Kier alpha value is -1.91. The first-order chi connectivity index (χ1) is 13.0. The van der Waals surface area contributed by atoms with Gasteiger partial charge in [0, 0.05) is 17.5 Å². The van der Waals surface area contributed by atoms with Crippen molar-refractivity contribution in [1.82, 2.24) is 10.2 Å². The molecule has 4 rings (SSSR count). The van der Waals surface area contributed by atoms with E-state index in [9.17, 15) is 4.39 Å². The number of fused-ring (bicyclic) bond motifs is 4. The van der Waals surface area contributed by atoms with E-state index < -0.39 is 0 Å². The van der Waals surface area contributed by atoms with Crippen molar-refractivity contribution in [2.24, 2.45) is 0 Å². The molecule has 1 saturated heterocycles. The Labute approximate surface area is 161 Å². The van der Waals surface area contributed by atoms with Crippen LogP contribution in [0.3, 0.4) is 0 Å². The van der Waals surface area contributed by atoms with Gasteiger partial charge in [0.05, 0.1) is 7.11 Å². The first kappa shape index (κ1) is 18.5. The number of benzene rings is 2. The smallest absolute Gasteiger partial charge is 0.123 e. The Morgan fingerprint density at radius 3 is 2.74 bits per heavy atom. The summed E-state index contributed by atoms with van der Waals surface area (Å²) in [7, 11) is 3.98. The summed E-state index contributed by atoms with van der Waals surface area (Å²) in [6.45, 7) is 4.42. The fourth-order valence-electron chi connectivity index (χ4n) is 4.99. The third kappa shape index (κ3) is 3.37. The van der Waals surface area contributed by atoms with E-state index in [-0.39, 0.29) is 11.2 Å². The molecule has 3 nitrogen and oxygen atoms in total. The molecule has 1 aliphatic heterocycles. The summed E-state index contributed by atoms with van der Waals surface area (Å²) in [5.41, 5.74) is 4.16. The summed E-state index contributed by atoms with van der Waals surface area (Å²) in [5.74, 6) is 0.769. The van der Waals surface area contributed by atoms with Crippen LogP contribution in [-0.2, 0) is 18.3 Å². The van der Waals surface area contributed by atoms with Crippen molar-refractivity contribution >= 4 is 0 Å². The van der Waals surface area contributed by atoms with E-state index in [1.165, 1.54) is 16.7 Å². The van der Waals surface area contributed by atoms with Crippen LogP contribution in [0.5, 0.6) is 5.75 Å². The Bertz CT molecular complexity index is 807. The maximum atomic E-state index is 13.1. The highest BCUT2D eigenvalue weighted by molar-refractivity contribution is 5.45. The maximum absolute atomic E-state index is 13.1. The summed E-state index contributed by atoms with van der Waals surface area (Å²) in [6.07, 6.45) is 3.11. The molecule has 3 atom stereocenters. The van der Waals surface area contributed by atoms with Crippen molar-refractivity contribution in [1.29, 1.82) is 0 Å². The molecule has 2 aromatic carbocycles. The Balaban J connectivity index is 1.56. The molecule has 0 spiro atoms. The Kier molecular flexibility index (Phi) is 4.95. The number of halogens is 1. The lowest BCUT2D eigenvalue weighted by Gasteiger charge is -2.55. The van der Waals surface area contributed by atoms with E-state index >= 15 is 0 Å². The highest BCUT2D eigenvalue weighted by atomic mass is 19.1. The Morgan fingerprint density at radius 2 is 2.00 bits per heavy atom. The van der Waals surface area contributed by atoms with Crippen LogP contribution in [0.2, 0.25) is 0 Å². The number of methoxy groups -OCH3 is 1. The van der Waals surface area contributed by atoms with Crippen LogP contribution in [0.25, 0.3) is 0 Å². The predicted molar refractivity (Wildman–Crippen MR) is 107 cm³/mol. The number of nitrogens with one attached hydrogen (secondary N) is 1. The van der Waals surface area contributed by atoms with E-state index in [0.29, 0.717) is 12.1 Å². The quantitative estimate of drug-likeness (QED) is 0.873. The van der Waals surface area contributed by atoms with Gasteiger partial charge < -0.3 is 15.0 Å². The normalized spacial score (nSPS) is 27.3.